The Bertz CT molecular complexity index is 1030. The summed E-state index contributed by atoms with van der Waals surface area (Å²) in [5.74, 6) is 0.879. The van der Waals surface area contributed by atoms with Crippen LogP contribution in [0.15, 0.2) is 63.2 Å². The standard InChI is InChI=1S/C18H18N2O6S2/c1-25-18(22)20-12-4-6-13(7-5-12)28(23,24)19-11-14(21)15-8-9-16(26-15)17-3-2-10-27-17/h2-10,14,19,21H,11H2,1H3,(H,20,22). The maximum atomic E-state index is 12.4. The first kappa shape index (κ1) is 20.1. The fourth-order valence-corrected chi connectivity index (χ4v) is 4.07. The van der Waals surface area contributed by atoms with Crippen LogP contribution in [0.4, 0.5) is 10.5 Å². The number of aliphatic hydroxyl groups excluding tert-OH is 1. The van der Waals surface area contributed by atoms with Gasteiger partial charge in [-0.05, 0) is 47.8 Å². The number of rotatable bonds is 7. The SMILES string of the molecule is COC(=O)Nc1ccc(S(=O)(=O)NCC(O)c2ccc(-c3cccs3)o2)cc1. The molecule has 0 bridgehead atoms. The molecule has 10 heteroatoms. The van der Waals surface area contributed by atoms with Crippen molar-refractivity contribution in [2.75, 3.05) is 19.0 Å². The summed E-state index contributed by atoms with van der Waals surface area (Å²) in [6.45, 7) is -0.248. The van der Waals surface area contributed by atoms with Crippen molar-refractivity contribution in [3.63, 3.8) is 0 Å². The van der Waals surface area contributed by atoms with Crippen molar-refractivity contribution in [2.45, 2.75) is 11.0 Å². The molecule has 8 nitrogen and oxygen atoms in total. The summed E-state index contributed by atoms with van der Waals surface area (Å²) in [7, 11) is -2.62. The number of ether oxygens (including phenoxy) is 1. The molecule has 2 aromatic heterocycles. The zero-order chi connectivity index (χ0) is 20.1. The first-order valence-electron chi connectivity index (χ1n) is 8.15. The van der Waals surface area contributed by atoms with Gasteiger partial charge in [-0.15, -0.1) is 11.3 Å². The molecule has 1 aromatic carbocycles. The largest absolute Gasteiger partial charge is 0.457 e. The van der Waals surface area contributed by atoms with Gasteiger partial charge in [0.2, 0.25) is 10.0 Å². The Balaban J connectivity index is 1.62. The molecule has 3 N–H and O–H groups in total. The molecular formula is C18H18N2O6S2. The second-order valence-corrected chi connectivity index (χ2v) is 8.40. The van der Waals surface area contributed by atoms with E-state index in [-0.39, 0.29) is 17.2 Å². The molecule has 0 radical (unpaired) electrons. The average molecular weight is 422 g/mol. The number of sulfonamides is 1. The number of amides is 1. The number of nitrogens with one attached hydrogen (secondary N) is 2. The number of thiophene rings is 1. The van der Waals surface area contributed by atoms with Crippen molar-refractivity contribution < 1.29 is 27.5 Å². The molecule has 0 aliphatic heterocycles. The van der Waals surface area contributed by atoms with E-state index >= 15 is 0 Å². The summed E-state index contributed by atoms with van der Waals surface area (Å²) in [6, 6.07) is 12.7. The molecule has 0 aliphatic rings. The third-order valence-corrected chi connectivity index (χ3v) is 6.11. The van der Waals surface area contributed by atoms with Gasteiger partial charge < -0.3 is 14.3 Å². The first-order valence-corrected chi connectivity index (χ1v) is 10.5. The van der Waals surface area contributed by atoms with Crippen LogP contribution in [0.2, 0.25) is 0 Å². The number of carbonyl (C=O) groups is 1. The average Bonchev–Trinajstić information content (AvgIpc) is 3.38. The Morgan fingerprint density at radius 3 is 2.61 bits per heavy atom. The van der Waals surface area contributed by atoms with Crippen LogP contribution in [0.3, 0.4) is 0 Å². The maximum Gasteiger partial charge on any atom is 0.411 e. The van der Waals surface area contributed by atoms with Crippen LogP contribution in [0.5, 0.6) is 0 Å². The zero-order valence-corrected chi connectivity index (χ0v) is 16.4. The Morgan fingerprint density at radius 2 is 1.96 bits per heavy atom. The summed E-state index contributed by atoms with van der Waals surface area (Å²) < 4.78 is 37.2. The topological polar surface area (TPSA) is 118 Å². The van der Waals surface area contributed by atoms with Gasteiger partial charge in [0, 0.05) is 12.2 Å². The molecule has 2 heterocycles. The Labute approximate surface area is 165 Å². The fraction of sp³-hybridized carbons (Fsp3) is 0.167. The lowest BCUT2D eigenvalue weighted by atomic mass is 10.3. The Morgan fingerprint density at radius 1 is 1.21 bits per heavy atom. The van der Waals surface area contributed by atoms with Gasteiger partial charge in [0.05, 0.1) is 16.9 Å². The molecule has 3 rings (SSSR count). The van der Waals surface area contributed by atoms with E-state index < -0.39 is 22.2 Å². The number of hydrogen-bond acceptors (Lipinski definition) is 7. The van der Waals surface area contributed by atoms with E-state index in [0.717, 1.165) is 4.88 Å². The molecule has 0 aliphatic carbocycles. The van der Waals surface area contributed by atoms with Gasteiger partial charge in [-0.1, -0.05) is 6.07 Å². The number of hydrogen-bond donors (Lipinski definition) is 3. The zero-order valence-electron chi connectivity index (χ0n) is 14.8. The normalized spacial score (nSPS) is 12.5. The number of anilines is 1. The number of methoxy groups -OCH3 is 1. The van der Waals surface area contributed by atoms with E-state index in [1.807, 2.05) is 17.5 Å². The van der Waals surface area contributed by atoms with Crippen LogP contribution in [0.1, 0.15) is 11.9 Å². The number of aliphatic hydroxyl groups is 1. The Kier molecular flexibility index (Phi) is 6.15. The molecule has 0 saturated carbocycles. The van der Waals surface area contributed by atoms with E-state index in [9.17, 15) is 18.3 Å². The molecule has 1 atom stereocenters. The highest BCUT2D eigenvalue weighted by Gasteiger charge is 2.19. The van der Waals surface area contributed by atoms with Crippen molar-refractivity contribution in [1.29, 1.82) is 0 Å². The fourth-order valence-electron chi connectivity index (χ4n) is 2.34. The summed E-state index contributed by atoms with van der Waals surface area (Å²) in [4.78, 5) is 12.1. The van der Waals surface area contributed by atoms with Gasteiger partial charge in [-0.25, -0.2) is 17.9 Å². The second-order valence-electron chi connectivity index (χ2n) is 5.69. The number of carbonyl (C=O) groups excluding carboxylic acids is 1. The van der Waals surface area contributed by atoms with Crippen molar-refractivity contribution >= 4 is 33.1 Å². The van der Waals surface area contributed by atoms with Crippen molar-refractivity contribution in [2.24, 2.45) is 0 Å². The minimum Gasteiger partial charge on any atom is -0.457 e. The molecule has 148 valence electrons. The molecule has 0 fully saturated rings. The highest BCUT2D eigenvalue weighted by atomic mass is 32.2. The molecule has 0 spiro atoms. The van der Waals surface area contributed by atoms with Gasteiger partial charge in [0.1, 0.15) is 17.6 Å². The summed E-state index contributed by atoms with van der Waals surface area (Å²) in [5.41, 5.74) is 0.391. The van der Waals surface area contributed by atoms with Gasteiger partial charge in [0.15, 0.2) is 0 Å². The summed E-state index contributed by atoms with van der Waals surface area (Å²) in [6.07, 6.45) is -1.79. The first-order chi connectivity index (χ1) is 13.4. The maximum absolute atomic E-state index is 12.4. The van der Waals surface area contributed by atoms with Gasteiger partial charge in [0.25, 0.3) is 0 Å². The van der Waals surface area contributed by atoms with Crippen molar-refractivity contribution in [3.8, 4) is 10.6 Å². The molecular weight excluding hydrogens is 404 g/mol. The van der Waals surface area contributed by atoms with E-state index in [2.05, 4.69) is 14.8 Å². The summed E-state index contributed by atoms with van der Waals surface area (Å²) in [5, 5.41) is 14.6. The number of benzene rings is 1. The van der Waals surface area contributed by atoms with E-state index in [4.69, 9.17) is 4.42 Å². The lowest BCUT2D eigenvalue weighted by molar-refractivity contribution is 0.155. The van der Waals surface area contributed by atoms with Crippen LogP contribution >= 0.6 is 11.3 Å². The monoisotopic (exact) mass is 422 g/mol. The molecule has 3 aromatic rings. The second kappa shape index (κ2) is 8.57. The smallest absolute Gasteiger partial charge is 0.411 e. The van der Waals surface area contributed by atoms with Gasteiger partial charge in [-0.2, -0.15) is 0 Å². The van der Waals surface area contributed by atoms with Crippen LogP contribution in [0.25, 0.3) is 10.6 Å². The van der Waals surface area contributed by atoms with E-state index in [0.29, 0.717) is 11.4 Å². The van der Waals surface area contributed by atoms with Gasteiger partial charge >= 0.3 is 6.09 Å². The van der Waals surface area contributed by atoms with E-state index in [1.165, 1.54) is 42.7 Å². The molecule has 0 saturated heterocycles. The quantitative estimate of drug-likeness (QED) is 0.538. The molecule has 1 amide bonds. The van der Waals surface area contributed by atoms with Crippen LogP contribution in [-0.2, 0) is 14.8 Å². The Hall–Kier alpha value is -2.66. The minimum absolute atomic E-state index is 0.00571. The van der Waals surface area contributed by atoms with E-state index in [1.54, 1.807) is 12.1 Å². The van der Waals surface area contributed by atoms with Crippen LogP contribution < -0.4 is 10.0 Å². The third kappa shape index (κ3) is 4.78. The third-order valence-electron chi connectivity index (χ3n) is 3.78. The predicted molar refractivity (Wildman–Crippen MR) is 105 cm³/mol. The highest BCUT2D eigenvalue weighted by Crippen LogP contribution is 2.28. The lowest BCUT2D eigenvalue weighted by Crippen LogP contribution is -2.28. The highest BCUT2D eigenvalue weighted by molar-refractivity contribution is 7.89. The van der Waals surface area contributed by atoms with Crippen molar-refractivity contribution in [3.05, 3.63) is 59.7 Å². The molecule has 28 heavy (non-hydrogen) atoms. The number of furan rings is 1. The van der Waals surface area contributed by atoms with Crippen molar-refractivity contribution in [1.82, 2.24) is 4.72 Å². The lowest BCUT2D eigenvalue weighted by Gasteiger charge is -2.11. The molecule has 1 unspecified atom stereocenters. The predicted octanol–water partition coefficient (Wildman–Crippen LogP) is 3.20. The minimum atomic E-state index is -3.84. The van der Waals surface area contributed by atoms with Crippen LogP contribution in [0, 0.1) is 0 Å². The van der Waals surface area contributed by atoms with Gasteiger partial charge in [-0.3, -0.25) is 5.32 Å². The summed E-state index contributed by atoms with van der Waals surface area (Å²) >= 11 is 1.50. The van der Waals surface area contributed by atoms with Crippen LogP contribution in [-0.4, -0.2) is 33.3 Å².